The van der Waals surface area contributed by atoms with E-state index >= 15 is 0 Å². The van der Waals surface area contributed by atoms with Crippen LogP contribution in [0.15, 0.2) is 419 Å². The van der Waals surface area contributed by atoms with Crippen LogP contribution in [0.1, 0.15) is 0 Å². The Balaban J connectivity index is 0.770. The molecule has 124 heavy (non-hydrogen) atoms. The maximum Gasteiger partial charge on any atom is 0.252 e. The van der Waals surface area contributed by atoms with E-state index in [1.54, 1.807) is 0 Å². The molecule has 0 saturated carbocycles. The molecule has 16 aromatic carbocycles. The molecule has 0 amide bonds. The maximum atomic E-state index is 5.93. The lowest BCUT2D eigenvalue weighted by atomic mass is 9.33. The minimum Gasteiger partial charge on any atom is -0.311 e. The van der Waals surface area contributed by atoms with Crippen molar-refractivity contribution in [3.8, 4) is 153 Å². The summed E-state index contributed by atoms with van der Waals surface area (Å²) in [6.45, 7) is -0.0947. The first-order valence-electron chi connectivity index (χ1n) is 41.4. The zero-order valence-electron chi connectivity index (χ0n) is 66.7. The Morgan fingerprint density at radius 3 is 0.935 bits per heavy atom. The molecule has 14 nitrogen and oxygen atoms in total. The summed E-state index contributed by atoms with van der Waals surface area (Å²) in [5.41, 5.74) is 26.3. The lowest BCUT2D eigenvalue weighted by Crippen LogP contribution is -2.61. The molecule has 0 fully saturated rings. The van der Waals surface area contributed by atoms with Gasteiger partial charge in [0.1, 0.15) is 0 Å². The summed E-state index contributed by atoms with van der Waals surface area (Å²) in [5, 5.41) is 1.81. The Hall–Kier alpha value is -16.9. The molecule has 0 N–H and O–H groups in total. The quantitative estimate of drug-likeness (QED) is 0.0844. The van der Waals surface area contributed by atoms with Crippen LogP contribution in [-0.4, -0.2) is 66.1 Å². The lowest BCUT2D eigenvalue weighted by Gasteiger charge is -2.45. The SMILES string of the molecule is c1ccc(-c2cc(-c3cccc(-c4ccc5c6c4N(c4ccccc4)c4ccccc4B6c4ccccc4N5c4ccccc4)c3)nc(-c3cc(-c4nc(-c5ccccc5)nc(-c5ccccc5)n4)ccc3-n3c4ccc(-c5nc(-c6ccccc6)nc(-c6ccccc6)n5)cc4c4cc(-c5nc(-c6ccccc6)nc(-c6ccccc6)n5)ccc43)n2)cc1. The number of hydrogen-bond acceptors (Lipinski definition) is 13. The molecule has 0 radical (unpaired) electrons. The summed E-state index contributed by atoms with van der Waals surface area (Å²) in [6.07, 6.45) is 0. The average Bonchev–Trinajstić information content (AvgIpc) is 0.871. The smallest absolute Gasteiger partial charge is 0.252 e. The summed E-state index contributed by atoms with van der Waals surface area (Å²) in [7, 11) is 0. The first kappa shape index (κ1) is 72.3. The summed E-state index contributed by atoms with van der Waals surface area (Å²) in [6, 6.07) is 145. The van der Waals surface area contributed by atoms with E-state index in [9.17, 15) is 0 Å². The highest BCUT2D eigenvalue weighted by atomic mass is 15.2. The monoisotopic (exact) mass is 1580 g/mol. The molecule has 0 spiro atoms. The molecule has 0 unspecified atom stereocenters. The largest absolute Gasteiger partial charge is 0.311 e. The van der Waals surface area contributed by atoms with Crippen LogP contribution in [0.2, 0.25) is 0 Å². The Labute approximate surface area is 715 Å². The summed E-state index contributed by atoms with van der Waals surface area (Å²) in [4.78, 5) is 64.1. The molecule has 23 rings (SSSR count). The molecule has 21 aromatic rings. The topological polar surface area (TPSA) is 153 Å². The van der Waals surface area contributed by atoms with Gasteiger partial charge in [-0.25, -0.2) is 54.8 Å². The van der Waals surface area contributed by atoms with Gasteiger partial charge in [-0.2, -0.15) is 0 Å². The Kier molecular flexibility index (Phi) is 18.0. The highest BCUT2D eigenvalue weighted by Gasteiger charge is 2.44. The van der Waals surface area contributed by atoms with Crippen molar-refractivity contribution >= 4 is 79.0 Å². The lowest BCUT2D eigenvalue weighted by molar-refractivity contribution is 1.07. The molecule has 0 aliphatic carbocycles. The number of anilines is 6. The van der Waals surface area contributed by atoms with Gasteiger partial charge in [0.25, 0.3) is 6.71 Å². The van der Waals surface area contributed by atoms with Gasteiger partial charge in [-0.05, 0) is 131 Å². The van der Waals surface area contributed by atoms with E-state index in [-0.39, 0.29) is 6.71 Å². The second kappa shape index (κ2) is 30.8. The van der Waals surface area contributed by atoms with Gasteiger partial charge in [0, 0.05) is 112 Å². The van der Waals surface area contributed by atoms with Crippen LogP contribution in [0, 0.1) is 0 Å². The molecule has 5 aromatic heterocycles. The highest BCUT2D eigenvalue weighted by molar-refractivity contribution is 7.00. The van der Waals surface area contributed by atoms with E-state index in [1.165, 1.54) is 16.4 Å². The predicted octanol–water partition coefficient (Wildman–Crippen LogP) is 23.9. The predicted molar refractivity (Wildman–Crippen MR) is 501 cm³/mol. The normalized spacial score (nSPS) is 12.0. The third-order valence-electron chi connectivity index (χ3n) is 23.3. The number of rotatable bonds is 16. The third-order valence-corrected chi connectivity index (χ3v) is 23.3. The minimum absolute atomic E-state index is 0.0947. The molecule has 2 aliphatic heterocycles. The fourth-order valence-corrected chi connectivity index (χ4v) is 17.6. The van der Waals surface area contributed by atoms with Crippen LogP contribution < -0.4 is 26.2 Å². The van der Waals surface area contributed by atoms with Crippen molar-refractivity contribution in [2.24, 2.45) is 0 Å². The van der Waals surface area contributed by atoms with Crippen molar-refractivity contribution in [2.45, 2.75) is 0 Å². The van der Waals surface area contributed by atoms with Gasteiger partial charge in [-0.1, -0.05) is 309 Å². The van der Waals surface area contributed by atoms with Crippen LogP contribution in [-0.2, 0) is 0 Å². The number of nitrogens with zero attached hydrogens (tertiary/aromatic N) is 14. The van der Waals surface area contributed by atoms with E-state index in [1.807, 2.05) is 188 Å². The van der Waals surface area contributed by atoms with Crippen LogP contribution in [0.5, 0.6) is 0 Å². The van der Waals surface area contributed by atoms with Gasteiger partial charge < -0.3 is 14.4 Å². The number of aromatic nitrogens is 12. The van der Waals surface area contributed by atoms with E-state index in [0.29, 0.717) is 75.1 Å². The Morgan fingerprint density at radius 2 is 0.508 bits per heavy atom. The van der Waals surface area contributed by atoms with Crippen molar-refractivity contribution in [2.75, 3.05) is 9.80 Å². The van der Waals surface area contributed by atoms with Crippen molar-refractivity contribution in [1.29, 1.82) is 0 Å². The van der Waals surface area contributed by atoms with Gasteiger partial charge in [-0.15, -0.1) is 0 Å². The van der Waals surface area contributed by atoms with Crippen LogP contribution in [0.25, 0.3) is 175 Å². The second-order valence-electron chi connectivity index (χ2n) is 30.8. The minimum atomic E-state index is -0.0947. The number of benzene rings is 16. The molecule has 0 saturated heterocycles. The second-order valence-corrected chi connectivity index (χ2v) is 30.8. The fraction of sp³-hybridized carbons (Fsp3) is 0. The molecule has 7 heterocycles. The van der Waals surface area contributed by atoms with Gasteiger partial charge in [0.15, 0.2) is 58.2 Å². The van der Waals surface area contributed by atoms with E-state index in [2.05, 4.69) is 245 Å². The summed E-state index contributed by atoms with van der Waals surface area (Å²) in [5.74, 6) is 5.20. The Bertz CT molecular complexity index is 7300. The fourth-order valence-electron chi connectivity index (χ4n) is 17.6. The highest BCUT2D eigenvalue weighted by Crippen LogP contribution is 2.50. The van der Waals surface area contributed by atoms with Gasteiger partial charge in [0.05, 0.1) is 33.8 Å². The van der Waals surface area contributed by atoms with E-state index < -0.39 is 0 Å². The van der Waals surface area contributed by atoms with Crippen LogP contribution in [0.3, 0.4) is 0 Å². The summed E-state index contributed by atoms with van der Waals surface area (Å²) >= 11 is 0. The standard InChI is InChI=1S/C109H69BN14/c1-10-33-70(34-11-1)90-69-91(78-48-32-47-77(65-78)84-60-64-97-98-99(84)123(83-51-26-9-27-52-83)96-56-31-29-54-89(96)110(98)88-53-28-30-55-95(88)122(97)82-49-24-8-25-50-82)112-109(111-90)87-68-81(108-120-104(75-43-20-6-21-44-75)115-105(121-108)76-45-22-7-23-46-76)59-63-94(87)124-92-61-57-79(106-116-100(71-35-12-2-13-36-71)113-101(117-106)72-37-14-3-15-38-72)66-85(92)86-67-80(58-62-93(86)124)107-118-102(73-39-16-4-17-40-73)114-103(119-107)74-41-18-5-19-42-74/h1-69H. The number of fused-ring (bicyclic) bond motifs is 7. The van der Waals surface area contributed by atoms with Crippen LogP contribution >= 0.6 is 0 Å². The average molecular weight is 1590 g/mol. The molecule has 578 valence electrons. The van der Waals surface area contributed by atoms with Crippen molar-refractivity contribution in [1.82, 2.24) is 59.4 Å². The van der Waals surface area contributed by atoms with Crippen molar-refractivity contribution in [3.63, 3.8) is 0 Å². The van der Waals surface area contributed by atoms with Gasteiger partial charge in [0.2, 0.25) is 0 Å². The zero-order valence-corrected chi connectivity index (χ0v) is 66.7. The summed E-state index contributed by atoms with van der Waals surface area (Å²) < 4.78 is 2.33. The molecule has 2 aliphatic rings. The molecular weight excluding hydrogens is 1520 g/mol. The first-order valence-corrected chi connectivity index (χ1v) is 41.4. The number of hydrogen-bond donors (Lipinski definition) is 0. The molecule has 0 bridgehead atoms. The van der Waals surface area contributed by atoms with Gasteiger partial charge in [-0.3, -0.25) is 0 Å². The first-order chi connectivity index (χ1) is 61.5. The Morgan fingerprint density at radius 1 is 0.185 bits per heavy atom. The van der Waals surface area contributed by atoms with Gasteiger partial charge >= 0.3 is 0 Å². The molecule has 0 atom stereocenters. The van der Waals surface area contributed by atoms with E-state index in [0.717, 1.165) is 134 Å². The van der Waals surface area contributed by atoms with Crippen molar-refractivity contribution < 1.29 is 0 Å². The third kappa shape index (κ3) is 13.1. The maximum absolute atomic E-state index is 5.93. The zero-order chi connectivity index (χ0) is 82.0. The van der Waals surface area contributed by atoms with E-state index in [4.69, 9.17) is 54.8 Å². The van der Waals surface area contributed by atoms with Crippen LogP contribution in [0.4, 0.5) is 34.1 Å². The van der Waals surface area contributed by atoms with Crippen molar-refractivity contribution in [3.05, 3.63) is 419 Å². The number of para-hydroxylation sites is 4. The molecular formula is C109H69BN14. The molecule has 15 heteroatoms.